The molecule has 5 nitrogen and oxygen atoms in total. The van der Waals surface area contributed by atoms with Crippen LogP contribution in [0.3, 0.4) is 0 Å². The molecule has 0 aliphatic carbocycles. The van der Waals surface area contributed by atoms with Crippen LogP contribution in [-0.4, -0.2) is 33.2 Å². The van der Waals surface area contributed by atoms with Gasteiger partial charge >= 0.3 is 0 Å². The molecule has 1 saturated heterocycles. The van der Waals surface area contributed by atoms with Crippen LogP contribution in [0.25, 0.3) is 0 Å². The van der Waals surface area contributed by atoms with Gasteiger partial charge < -0.3 is 4.74 Å². The molecule has 0 saturated carbocycles. The first-order valence-electron chi connectivity index (χ1n) is 6.10. The normalized spacial score (nSPS) is 19.3. The van der Waals surface area contributed by atoms with Crippen molar-refractivity contribution in [1.29, 1.82) is 0 Å². The Balaban J connectivity index is 2.08. The lowest BCUT2D eigenvalue weighted by Gasteiger charge is -2.33. The number of halogens is 1. The summed E-state index contributed by atoms with van der Waals surface area (Å²) in [5.41, 5.74) is -0.0694. The van der Waals surface area contributed by atoms with Gasteiger partial charge in [0.1, 0.15) is 4.90 Å². The van der Waals surface area contributed by atoms with E-state index < -0.39 is 10.0 Å². The van der Waals surface area contributed by atoms with Gasteiger partial charge in [0.2, 0.25) is 10.0 Å². The van der Waals surface area contributed by atoms with Crippen LogP contribution in [0.15, 0.2) is 23.4 Å². The summed E-state index contributed by atoms with van der Waals surface area (Å²) in [6.07, 6.45) is 4.41. The van der Waals surface area contributed by atoms with Crippen molar-refractivity contribution in [3.63, 3.8) is 0 Å². The zero-order chi connectivity index (χ0) is 13.9. The number of aromatic nitrogens is 1. The molecule has 1 N–H and O–H groups in total. The van der Waals surface area contributed by atoms with Gasteiger partial charge in [-0.15, -0.1) is 0 Å². The predicted molar refractivity (Wildman–Crippen MR) is 72.6 cm³/mol. The van der Waals surface area contributed by atoms with E-state index in [1.165, 1.54) is 18.5 Å². The molecule has 1 aliphatic heterocycles. The summed E-state index contributed by atoms with van der Waals surface area (Å²) >= 11 is 5.89. The van der Waals surface area contributed by atoms with Crippen LogP contribution < -0.4 is 4.72 Å². The average molecular weight is 305 g/mol. The van der Waals surface area contributed by atoms with E-state index in [0.29, 0.717) is 19.8 Å². The molecule has 1 fully saturated rings. The van der Waals surface area contributed by atoms with Crippen molar-refractivity contribution in [2.24, 2.45) is 5.41 Å². The standard InChI is InChI=1S/C12H17ClN2O3S/c1-12(3-6-18-7-4-12)9-15-19(16,17)11-8-14-5-2-10(11)13/h2,5,8,15H,3-4,6-7,9H2,1H3. The molecule has 106 valence electrons. The third-order valence-corrected chi connectivity index (χ3v) is 5.28. The molecule has 0 bridgehead atoms. The van der Waals surface area contributed by atoms with Crippen molar-refractivity contribution >= 4 is 21.6 Å². The highest BCUT2D eigenvalue weighted by molar-refractivity contribution is 7.89. The molecular weight excluding hydrogens is 288 g/mol. The zero-order valence-corrected chi connectivity index (χ0v) is 12.3. The summed E-state index contributed by atoms with van der Waals surface area (Å²) in [6.45, 7) is 3.78. The summed E-state index contributed by atoms with van der Waals surface area (Å²) < 4.78 is 32.3. The van der Waals surface area contributed by atoms with Gasteiger partial charge in [0, 0.05) is 32.2 Å². The number of pyridine rings is 1. The SMILES string of the molecule is CC1(CNS(=O)(=O)c2cnccc2Cl)CCOCC1. The van der Waals surface area contributed by atoms with Crippen molar-refractivity contribution in [3.8, 4) is 0 Å². The van der Waals surface area contributed by atoms with Crippen molar-refractivity contribution < 1.29 is 13.2 Å². The molecule has 1 aromatic heterocycles. The van der Waals surface area contributed by atoms with Gasteiger partial charge in [0.05, 0.1) is 5.02 Å². The molecule has 19 heavy (non-hydrogen) atoms. The molecule has 0 spiro atoms. The number of hydrogen-bond acceptors (Lipinski definition) is 4. The van der Waals surface area contributed by atoms with Gasteiger partial charge in [0.25, 0.3) is 0 Å². The van der Waals surface area contributed by atoms with Crippen LogP contribution in [0.1, 0.15) is 19.8 Å². The fourth-order valence-electron chi connectivity index (χ4n) is 1.95. The fourth-order valence-corrected chi connectivity index (χ4v) is 3.58. The molecule has 0 amide bonds. The molecule has 2 heterocycles. The first-order chi connectivity index (χ1) is 8.93. The third kappa shape index (κ3) is 3.66. The molecule has 7 heteroatoms. The second-order valence-corrected chi connectivity index (χ2v) is 7.20. The number of ether oxygens (including phenoxy) is 1. The predicted octanol–water partition coefficient (Wildman–Crippen LogP) is 1.83. The molecule has 0 unspecified atom stereocenters. The van der Waals surface area contributed by atoms with Crippen molar-refractivity contribution in [1.82, 2.24) is 9.71 Å². The Morgan fingerprint density at radius 2 is 2.16 bits per heavy atom. The third-order valence-electron chi connectivity index (χ3n) is 3.41. The van der Waals surface area contributed by atoms with Crippen LogP contribution in [0.5, 0.6) is 0 Å². The number of nitrogens with one attached hydrogen (secondary N) is 1. The van der Waals surface area contributed by atoms with Gasteiger partial charge in [-0.25, -0.2) is 13.1 Å². The smallest absolute Gasteiger partial charge is 0.243 e. The van der Waals surface area contributed by atoms with E-state index in [9.17, 15) is 8.42 Å². The molecule has 1 aliphatic rings. The summed E-state index contributed by atoms with van der Waals surface area (Å²) in [7, 11) is -3.61. The molecule has 0 radical (unpaired) electrons. The van der Waals surface area contributed by atoms with Crippen LogP contribution in [-0.2, 0) is 14.8 Å². The summed E-state index contributed by atoms with van der Waals surface area (Å²) in [5, 5.41) is 0.180. The maximum Gasteiger partial charge on any atom is 0.243 e. The van der Waals surface area contributed by atoms with Crippen molar-refractivity contribution in [2.45, 2.75) is 24.7 Å². The average Bonchev–Trinajstić information content (AvgIpc) is 2.38. The summed E-state index contributed by atoms with van der Waals surface area (Å²) in [6, 6.07) is 1.46. The highest BCUT2D eigenvalue weighted by Crippen LogP contribution is 2.29. The molecule has 0 aromatic carbocycles. The van der Waals surface area contributed by atoms with Crippen LogP contribution in [0, 0.1) is 5.41 Å². The zero-order valence-electron chi connectivity index (χ0n) is 10.7. The van der Waals surface area contributed by atoms with Crippen molar-refractivity contribution in [2.75, 3.05) is 19.8 Å². The Labute approximate surface area is 118 Å². The lowest BCUT2D eigenvalue weighted by molar-refractivity contribution is 0.0264. The largest absolute Gasteiger partial charge is 0.381 e. The second kappa shape index (κ2) is 5.75. The summed E-state index contributed by atoms with van der Waals surface area (Å²) in [5.74, 6) is 0. The Kier molecular flexibility index (Phi) is 4.45. The monoisotopic (exact) mass is 304 g/mol. The topological polar surface area (TPSA) is 68.3 Å². The van der Waals surface area contributed by atoms with E-state index in [4.69, 9.17) is 16.3 Å². The van der Waals surface area contributed by atoms with E-state index in [1.807, 2.05) is 0 Å². The molecule has 1 aromatic rings. The molecule has 2 rings (SSSR count). The quantitative estimate of drug-likeness (QED) is 0.921. The Morgan fingerprint density at radius 3 is 2.79 bits per heavy atom. The van der Waals surface area contributed by atoms with E-state index in [1.54, 1.807) is 0 Å². The maximum absolute atomic E-state index is 12.2. The highest BCUT2D eigenvalue weighted by Gasteiger charge is 2.29. The van der Waals surface area contributed by atoms with Crippen molar-refractivity contribution in [3.05, 3.63) is 23.5 Å². The number of nitrogens with zero attached hydrogens (tertiary/aromatic N) is 1. The highest BCUT2D eigenvalue weighted by atomic mass is 35.5. The molecular formula is C12H17ClN2O3S. The van der Waals surface area contributed by atoms with E-state index in [0.717, 1.165) is 12.8 Å². The van der Waals surface area contributed by atoms with Crippen LogP contribution >= 0.6 is 11.6 Å². The van der Waals surface area contributed by atoms with Gasteiger partial charge in [0.15, 0.2) is 0 Å². The van der Waals surface area contributed by atoms with Gasteiger partial charge in [-0.1, -0.05) is 18.5 Å². The maximum atomic E-state index is 12.2. The summed E-state index contributed by atoms with van der Waals surface area (Å²) in [4.78, 5) is 3.82. The Bertz CT molecular complexity index is 542. The minimum Gasteiger partial charge on any atom is -0.381 e. The van der Waals surface area contributed by atoms with Crippen LogP contribution in [0.4, 0.5) is 0 Å². The lowest BCUT2D eigenvalue weighted by Crippen LogP contribution is -2.39. The Hall–Kier alpha value is -0.690. The van der Waals surface area contributed by atoms with Crippen LogP contribution in [0.2, 0.25) is 5.02 Å². The van der Waals surface area contributed by atoms with Gasteiger partial charge in [-0.2, -0.15) is 0 Å². The number of hydrogen-bond donors (Lipinski definition) is 1. The van der Waals surface area contributed by atoms with E-state index in [2.05, 4.69) is 16.6 Å². The number of sulfonamides is 1. The first kappa shape index (κ1) is 14.7. The molecule has 0 atom stereocenters. The first-order valence-corrected chi connectivity index (χ1v) is 7.96. The second-order valence-electron chi connectivity index (χ2n) is 5.05. The fraction of sp³-hybridized carbons (Fsp3) is 0.583. The Morgan fingerprint density at radius 1 is 1.47 bits per heavy atom. The minimum atomic E-state index is -3.61. The minimum absolute atomic E-state index is 0.0207. The van der Waals surface area contributed by atoms with E-state index in [-0.39, 0.29) is 15.3 Å². The number of rotatable bonds is 4. The van der Waals surface area contributed by atoms with E-state index >= 15 is 0 Å². The lowest BCUT2D eigenvalue weighted by atomic mass is 9.83. The van der Waals surface area contributed by atoms with Gasteiger partial charge in [-0.05, 0) is 24.3 Å². The van der Waals surface area contributed by atoms with Gasteiger partial charge in [-0.3, -0.25) is 4.98 Å².